The van der Waals surface area contributed by atoms with Gasteiger partial charge in [0.15, 0.2) is 5.78 Å². The third-order valence-electron chi connectivity index (χ3n) is 5.21. The van der Waals surface area contributed by atoms with E-state index in [1.807, 2.05) is 0 Å². The van der Waals surface area contributed by atoms with Crippen molar-refractivity contribution in [3.8, 4) is 0 Å². The Balaban J connectivity index is 2.18. The maximum absolute atomic E-state index is 12.9. The molecule has 3 heteroatoms. The highest BCUT2D eigenvalue weighted by Crippen LogP contribution is 2.45. The summed E-state index contributed by atoms with van der Waals surface area (Å²) in [7, 11) is 2.07. The first-order valence-corrected chi connectivity index (χ1v) is 7.64. The SMILES string of the molecule is CC(=O)[C@H](CC(C)C)C1CCC2(CCCN2C)C1=O. The van der Waals surface area contributed by atoms with Gasteiger partial charge in [-0.15, -0.1) is 0 Å². The van der Waals surface area contributed by atoms with Crippen LogP contribution in [0.5, 0.6) is 0 Å². The van der Waals surface area contributed by atoms with Gasteiger partial charge in [0.05, 0.1) is 5.54 Å². The number of Topliss-reactive ketones (excluding diaryl/α,β-unsaturated/α-hetero) is 2. The standard InChI is InChI=1S/C16H27NO2/c1-11(2)10-14(12(3)18)13-6-8-16(15(13)19)7-5-9-17(16)4/h11,13-14H,5-10H2,1-4H3/t13?,14-,16?/m0/s1. The summed E-state index contributed by atoms with van der Waals surface area (Å²) in [6.07, 6.45) is 4.82. The smallest absolute Gasteiger partial charge is 0.156 e. The molecule has 1 saturated carbocycles. The minimum Gasteiger partial charge on any atom is -0.300 e. The molecule has 108 valence electrons. The lowest BCUT2D eigenvalue weighted by atomic mass is 9.79. The quantitative estimate of drug-likeness (QED) is 0.784. The Morgan fingerprint density at radius 2 is 2.11 bits per heavy atom. The lowest BCUT2D eigenvalue weighted by Gasteiger charge is -2.31. The summed E-state index contributed by atoms with van der Waals surface area (Å²) in [6.45, 7) is 6.94. The van der Waals surface area contributed by atoms with Crippen molar-refractivity contribution in [2.24, 2.45) is 17.8 Å². The molecule has 1 spiro atoms. The molecule has 19 heavy (non-hydrogen) atoms. The Bertz CT molecular complexity index is 377. The lowest BCUT2D eigenvalue weighted by Crippen LogP contribution is -2.47. The van der Waals surface area contributed by atoms with Gasteiger partial charge in [-0.1, -0.05) is 13.8 Å². The Hall–Kier alpha value is -0.700. The molecule has 0 N–H and O–H groups in total. The molecule has 2 unspecified atom stereocenters. The van der Waals surface area contributed by atoms with Crippen LogP contribution < -0.4 is 0 Å². The first-order chi connectivity index (χ1) is 8.88. The van der Waals surface area contributed by atoms with Crippen LogP contribution in [0.25, 0.3) is 0 Å². The number of nitrogens with zero attached hydrogens (tertiary/aromatic N) is 1. The predicted octanol–water partition coefficient (Wildman–Crippen LogP) is 2.68. The van der Waals surface area contributed by atoms with E-state index in [0.717, 1.165) is 38.6 Å². The average molecular weight is 265 g/mol. The summed E-state index contributed by atoms with van der Waals surface area (Å²) in [5, 5.41) is 0. The molecule has 0 aromatic heterocycles. The Morgan fingerprint density at radius 3 is 2.58 bits per heavy atom. The van der Waals surface area contributed by atoms with Crippen LogP contribution in [0.15, 0.2) is 0 Å². The topological polar surface area (TPSA) is 37.4 Å². The third-order valence-corrected chi connectivity index (χ3v) is 5.21. The Morgan fingerprint density at radius 1 is 1.42 bits per heavy atom. The molecule has 1 heterocycles. The second kappa shape index (κ2) is 5.35. The normalized spacial score (nSPS) is 33.5. The zero-order chi connectivity index (χ0) is 14.2. The summed E-state index contributed by atoms with van der Waals surface area (Å²) < 4.78 is 0. The zero-order valence-electron chi connectivity index (χ0n) is 12.7. The van der Waals surface area contributed by atoms with Gasteiger partial charge in [-0.2, -0.15) is 0 Å². The minimum absolute atomic E-state index is 0.0274. The summed E-state index contributed by atoms with van der Waals surface area (Å²) in [5.74, 6) is 0.944. The van der Waals surface area contributed by atoms with E-state index in [2.05, 4.69) is 25.8 Å². The van der Waals surface area contributed by atoms with Crippen LogP contribution >= 0.6 is 0 Å². The predicted molar refractivity (Wildman–Crippen MR) is 76.0 cm³/mol. The van der Waals surface area contributed by atoms with Crippen molar-refractivity contribution in [3.63, 3.8) is 0 Å². The fourth-order valence-corrected chi connectivity index (χ4v) is 4.14. The number of carbonyl (C=O) groups is 2. The molecule has 2 aliphatic rings. The highest BCUT2D eigenvalue weighted by Gasteiger charge is 2.54. The van der Waals surface area contributed by atoms with Crippen LogP contribution in [0.2, 0.25) is 0 Å². The number of hydrogen-bond acceptors (Lipinski definition) is 3. The minimum atomic E-state index is -0.227. The van der Waals surface area contributed by atoms with Gasteiger partial charge in [-0.25, -0.2) is 0 Å². The van der Waals surface area contributed by atoms with Gasteiger partial charge < -0.3 is 0 Å². The van der Waals surface area contributed by atoms with E-state index >= 15 is 0 Å². The molecule has 0 aromatic carbocycles. The molecule has 1 aliphatic heterocycles. The number of likely N-dealkylation sites (N-methyl/N-ethyl adjacent to an activating group) is 1. The fourth-order valence-electron chi connectivity index (χ4n) is 4.14. The summed E-state index contributed by atoms with van der Waals surface area (Å²) in [4.78, 5) is 27.0. The second-order valence-corrected chi connectivity index (χ2v) is 6.91. The van der Waals surface area contributed by atoms with Crippen LogP contribution in [-0.4, -0.2) is 35.6 Å². The van der Waals surface area contributed by atoms with Crippen LogP contribution in [0, 0.1) is 17.8 Å². The number of ketones is 2. The number of hydrogen-bond donors (Lipinski definition) is 0. The van der Waals surface area contributed by atoms with E-state index in [1.165, 1.54) is 0 Å². The fraction of sp³-hybridized carbons (Fsp3) is 0.875. The van der Waals surface area contributed by atoms with Gasteiger partial charge in [0.25, 0.3) is 0 Å². The van der Waals surface area contributed by atoms with E-state index in [-0.39, 0.29) is 23.2 Å². The Kier molecular flexibility index (Phi) is 4.14. The molecule has 3 nitrogen and oxygen atoms in total. The van der Waals surface area contributed by atoms with Gasteiger partial charge in [-0.3, -0.25) is 14.5 Å². The summed E-state index contributed by atoms with van der Waals surface area (Å²) >= 11 is 0. The zero-order valence-corrected chi connectivity index (χ0v) is 12.7. The van der Waals surface area contributed by atoms with E-state index in [0.29, 0.717) is 11.7 Å². The van der Waals surface area contributed by atoms with Crippen molar-refractivity contribution in [3.05, 3.63) is 0 Å². The molecule has 0 radical (unpaired) electrons. The van der Waals surface area contributed by atoms with Crippen molar-refractivity contribution in [1.82, 2.24) is 4.90 Å². The molecule has 0 amide bonds. The highest BCUT2D eigenvalue weighted by molar-refractivity contribution is 5.96. The molecule has 2 rings (SSSR count). The van der Waals surface area contributed by atoms with Crippen LogP contribution in [-0.2, 0) is 9.59 Å². The van der Waals surface area contributed by atoms with E-state index in [9.17, 15) is 9.59 Å². The van der Waals surface area contributed by atoms with Gasteiger partial charge >= 0.3 is 0 Å². The maximum Gasteiger partial charge on any atom is 0.156 e. The first kappa shape index (κ1) is 14.7. The third kappa shape index (κ3) is 2.49. The largest absolute Gasteiger partial charge is 0.300 e. The van der Waals surface area contributed by atoms with Crippen LogP contribution in [0.3, 0.4) is 0 Å². The molecule has 1 aliphatic carbocycles. The van der Waals surface area contributed by atoms with Crippen molar-refractivity contribution in [2.75, 3.05) is 13.6 Å². The van der Waals surface area contributed by atoms with Crippen LogP contribution in [0.4, 0.5) is 0 Å². The molecule has 3 atom stereocenters. The molecule has 1 saturated heterocycles. The van der Waals surface area contributed by atoms with Crippen molar-refractivity contribution in [1.29, 1.82) is 0 Å². The van der Waals surface area contributed by atoms with Crippen LogP contribution in [0.1, 0.15) is 52.9 Å². The van der Waals surface area contributed by atoms with Gasteiger partial charge in [-0.05, 0) is 58.5 Å². The highest BCUT2D eigenvalue weighted by atomic mass is 16.1. The molecule has 0 aromatic rings. The Labute approximate surface area is 116 Å². The molecule has 0 bridgehead atoms. The number of carbonyl (C=O) groups excluding carboxylic acids is 2. The molecular weight excluding hydrogens is 238 g/mol. The first-order valence-electron chi connectivity index (χ1n) is 7.64. The van der Waals surface area contributed by atoms with Gasteiger partial charge in [0.1, 0.15) is 5.78 Å². The molecule has 2 fully saturated rings. The number of likely N-dealkylation sites (tertiary alicyclic amines) is 1. The lowest BCUT2D eigenvalue weighted by molar-refractivity contribution is -0.135. The summed E-state index contributed by atoms with van der Waals surface area (Å²) in [5.41, 5.74) is -0.227. The second-order valence-electron chi connectivity index (χ2n) is 6.91. The number of rotatable bonds is 4. The van der Waals surface area contributed by atoms with Crippen molar-refractivity contribution in [2.45, 2.75) is 58.4 Å². The van der Waals surface area contributed by atoms with E-state index in [1.54, 1.807) is 6.92 Å². The van der Waals surface area contributed by atoms with E-state index < -0.39 is 0 Å². The van der Waals surface area contributed by atoms with E-state index in [4.69, 9.17) is 0 Å². The average Bonchev–Trinajstić information content (AvgIpc) is 2.84. The van der Waals surface area contributed by atoms with Gasteiger partial charge in [0, 0.05) is 11.8 Å². The molecular formula is C16H27NO2. The monoisotopic (exact) mass is 265 g/mol. The summed E-state index contributed by atoms with van der Waals surface area (Å²) in [6, 6.07) is 0. The van der Waals surface area contributed by atoms with Crippen molar-refractivity contribution < 1.29 is 9.59 Å². The maximum atomic E-state index is 12.9. The van der Waals surface area contributed by atoms with Crippen molar-refractivity contribution >= 4 is 11.6 Å². The van der Waals surface area contributed by atoms with Gasteiger partial charge in [0.2, 0.25) is 0 Å².